The largest absolute Gasteiger partial charge is 0.334 e. The highest BCUT2D eigenvalue weighted by molar-refractivity contribution is 7.89. The fourth-order valence-electron chi connectivity index (χ4n) is 3.02. The highest BCUT2D eigenvalue weighted by Gasteiger charge is 2.17. The van der Waals surface area contributed by atoms with E-state index in [1.165, 1.54) is 12.1 Å². The van der Waals surface area contributed by atoms with Gasteiger partial charge in [-0.2, -0.15) is 0 Å². The summed E-state index contributed by atoms with van der Waals surface area (Å²) < 4.78 is 22.8. The van der Waals surface area contributed by atoms with E-state index >= 15 is 0 Å². The smallest absolute Gasteiger partial charge is 0.238 e. The van der Waals surface area contributed by atoms with Crippen LogP contribution in [0.15, 0.2) is 78.0 Å². The van der Waals surface area contributed by atoms with Crippen molar-refractivity contribution in [3.8, 4) is 0 Å². The summed E-state index contributed by atoms with van der Waals surface area (Å²) in [5.74, 6) is -0.0551. The summed E-state index contributed by atoms with van der Waals surface area (Å²) in [5, 5.41) is 5.13. The molecule has 2 aromatic carbocycles. The second-order valence-electron chi connectivity index (χ2n) is 6.90. The van der Waals surface area contributed by atoms with Gasteiger partial charge in [0.25, 0.3) is 0 Å². The van der Waals surface area contributed by atoms with Crippen molar-refractivity contribution in [2.24, 2.45) is 5.14 Å². The quantitative estimate of drug-likeness (QED) is 0.649. The monoisotopic (exact) mass is 409 g/mol. The van der Waals surface area contributed by atoms with Crippen molar-refractivity contribution in [2.45, 2.75) is 31.3 Å². The first kappa shape index (κ1) is 20.7. The molecule has 0 bridgehead atoms. The Labute approximate surface area is 171 Å². The third-order valence-corrected chi connectivity index (χ3v) is 5.61. The molecule has 0 saturated carbocycles. The number of benzene rings is 2. The maximum atomic E-state index is 13.1. The number of primary sulfonamides is 1. The van der Waals surface area contributed by atoms with Crippen molar-refractivity contribution >= 4 is 15.9 Å². The number of nitrogens with zero attached hydrogens (tertiary/aromatic N) is 2. The molecule has 0 spiro atoms. The van der Waals surface area contributed by atoms with E-state index in [2.05, 4.69) is 4.98 Å². The summed E-state index contributed by atoms with van der Waals surface area (Å²) in [6.45, 7) is 2.94. The normalized spacial score (nSPS) is 11.2. The van der Waals surface area contributed by atoms with Gasteiger partial charge >= 0.3 is 0 Å². The zero-order valence-corrected chi connectivity index (χ0v) is 17.0. The van der Waals surface area contributed by atoms with E-state index in [4.69, 9.17) is 5.14 Å². The van der Waals surface area contributed by atoms with Gasteiger partial charge in [0.1, 0.15) is 0 Å². The predicted molar refractivity (Wildman–Crippen MR) is 111 cm³/mol. The second kappa shape index (κ2) is 8.98. The fraction of sp³-hybridized carbons (Fsp3) is 0.182. The van der Waals surface area contributed by atoms with Gasteiger partial charge in [-0.15, -0.1) is 0 Å². The van der Waals surface area contributed by atoms with E-state index < -0.39 is 10.0 Å². The first-order valence-electron chi connectivity index (χ1n) is 9.16. The van der Waals surface area contributed by atoms with Crippen molar-refractivity contribution in [1.82, 2.24) is 9.88 Å². The van der Waals surface area contributed by atoms with Crippen LogP contribution in [0, 0.1) is 6.92 Å². The lowest BCUT2D eigenvalue weighted by atomic mass is 10.1. The van der Waals surface area contributed by atoms with Gasteiger partial charge in [-0.3, -0.25) is 9.78 Å². The first-order valence-corrected chi connectivity index (χ1v) is 10.7. The van der Waals surface area contributed by atoms with Crippen molar-refractivity contribution in [2.75, 3.05) is 0 Å². The number of amides is 1. The molecule has 7 heteroatoms. The van der Waals surface area contributed by atoms with Gasteiger partial charge in [0.15, 0.2) is 0 Å². The van der Waals surface area contributed by atoms with Crippen LogP contribution in [0.5, 0.6) is 0 Å². The molecule has 2 N–H and O–H groups in total. The molecule has 6 nitrogen and oxygen atoms in total. The average Bonchev–Trinajstić information content (AvgIpc) is 2.69. The van der Waals surface area contributed by atoms with Crippen molar-refractivity contribution in [3.63, 3.8) is 0 Å². The molecule has 0 saturated heterocycles. The summed E-state index contributed by atoms with van der Waals surface area (Å²) in [4.78, 5) is 19.0. The maximum Gasteiger partial charge on any atom is 0.238 e. The Kier molecular flexibility index (Phi) is 6.41. The summed E-state index contributed by atoms with van der Waals surface area (Å²) in [6, 6.07) is 17.8. The lowest BCUT2D eigenvalue weighted by Gasteiger charge is -2.24. The van der Waals surface area contributed by atoms with E-state index in [0.29, 0.717) is 13.1 Å². The lowest BCUT2D eigenvalue weighted by molar-refractivity contribution is -0.131. The van der Waals surface area contributed by atoms with Gasteiger partial charge in [0.05, 0.1) is 11.3 Å². The van der Waals surface area contributed by atoms with Gasteiger partial charge in [0, 0.05) is 25.5 Å². The van der Waals surface area contributed by atoms with Crippen LogP contribution < -0.4 is 5.14 Å². The molecule has 150 valence electrons. The van der Waals surface area contributed by atoms with Crippen molar-refractivity contribution in [3.05, 3.63) is 95.3 Å². The predicted octanol–water partition coefficient (Wildman–Crippen LogP) is 2.81. The van der Waals surface area contributed by atoms with Crippen molar-refractivity contribution < 1.29 is 13.2 Å². The van der Waals surface area contributed by atoms with Crippen LogP contribution in [-0.2, 0) is 34.3 Å². The number of aromatic nitrogens is 1. The molecule has 0 unspecified atom stereocenters. The van der Waals surface area contributed by atoms with Crippen LogP contribution in [0.1, 0.15) is 22.3 Å². The Morgan fingerprint density at radius 1 is 0.966 bits per heavy atom. The Balaban J connectivity index is 1.80. The van der Waals surface area contributed by atoms with Crippen LogP contribution in [-0.4, -0.2) is 24.2 Å². The molecule has 0 aliphatic heterocycles. The zero-order chi connectivity index (χ0) is 20.9. The third kappa shape index (κ3) is 5.73. The van der Waals surface area contributed by atoms with Crippen LogP contribution in [0.4, 0.5) is 0 Å². The SMILES string of the molecule is Cc1ccccc1CN(Cc1cccnc1)C(=O)Cc1ccc(S(N)(=O)=O)cc1. The highest BCUT2D eigenvalue weighted by atomic mass is 32.2. The number of sulfonamides is 1. The van der Waals surface area contributed by atoms with Crippen molar-refractivity contribution in [1.29, 1.82) is 0 Å². The topological polar surface area (TPSA) is 93.4 Å². The maximum absolute atomic E-state index is 13.1. The molecule has 1 amide bonds. The second-order valence-corrected chi connectivity index (χ2v) is 8.46. The molecule has 0 atom stereocenters. The van der Waals surface area contributed by atoms with Gasteiger partial charge in [-0.25, -0.2) is 13.6 Å². The Morgan fingerprint density at radius 2 is 1.69 bits per heavy atom. The number of carbonyl (C=O) groups excluding carboxylic acids is 1. The van der Waals surface area contributed by atoms with Gasteiger partial charge in [0.2, 0.25) is 15.9 Å². The Bertz CT molecular complexity index is 1080. The van der Waals surface area contributed by atoms with E-state index in [0.717, 1.165) is 22.3 Å². The molecule has 29 heavy (non-hydrogen) atoms. The van der Waals surface area contributed by atoms with Gasteiger partial charge in [-0.1, -0.05) is 42.5 Å². The molecule has 0 aliphatic rings. The molecule has 3 rings (SSSR count). The lowest BCUT2D eigenvalue weighted by Crippen LogP contribution is -2.31. The number of aryl methyl sites for hydroxylation is 1. The molecule has 0 fully saturated rings. The van der Waals surface area contributed by atoms with E-state index in [9.17, 15) is 13.2 Å². The van der Waals surface area contributed by atoms with Crippen LogP contribution in [0.2, 0.25) is 0 Å². The first-order chi connectivity index (χ1) is 13.8. The van der Waals surface area contributed by atoms with Crippen LogP contribution in [0.3, 0.4) is 0 Å². The van der Waals surface area contributed by atoms with E-state index in [-0.39, 0.29) is 17.2 Å². The fourth-order valence-corrected chi connectivity index (χ4v) is 3.54. The molecular weight excluding hydrogens is 386 g/mol. The zero-order valence-electron chi connectivity index (χ0n) is 16.2. The standard InChI is InChI=1S/C22H23N3O3S/c1-17-5-2-3-7-20(17)16-25(15-19-6-4-12-24-14-19)22(26)13-18-8-10-21(11-9-18)29(23,27)28/h2-12,14H,13,15-16H2,1H3,(H2,23,27,28). The number of nitrogens with two attached hydrogens (primary N) is 1. The van der Waals surface area contributed by atoms with Crippen LogP contribution in [0.25, 0.3) is 0 Å². The number of carbonyl (C=O) groups is 1. The van der Waals surface area contributed by atoms with E-state index in [1.807, 2.05) is 43.3 Å². The summed E-state index contributed by atoms with van der Waals surface area (Å²) in [7, 11) is -3.75. The third-order valence-electron chi connectivity index (χ3n) is 4.68. The number of hydrogen-bond donors (Lipinski definition) is 1. The van der Waals surface area contributed by atoms with Gasteiger partial charge < -0.3 is 4.90 Å². The number of hydrogen-bond acceptors (Lipinski definition) is 4. The minimum Gasteiger partial charge on any atom is -0.334 e. The Morgan fingerprint density at radius 3 is 2.31 bits per heavy atom. The molecule has 1 heterocycles. The molecule has 0 aliphatic carbocycles. The minimum absolute atomic E-state index is 0.0285. The van der Waals surface area contributed by atoms with E-state index in [1.54, 1.807) is 29.4 Å². The summed E-state index contributed by atoms with van der Waals surface area (Å²) in [5.41, 5.74) is 3.87. The molecule has 0 radical (unpaired) electrons. The minimum atomic E-state index is -3.75. The van der Waals surface area contributed by atoms with Gasteiger partial charge in [-0.05, 0) is 47.4 Å². The highest BCUT2D eigenvalue weighted by Crippen LogP contribution is 2.16. The Hall–Kier alpha value is -3.03. The molecule has 1 aromatic heterocycles. The summed E-state index contributed by atoms with van der Waals surface area (Å²) >= 11 is 0. The number of pyridine rings is 1. The van der Waals surface area contributed by atoms with Crippen LogP contribution >= 0.6 is 0 Å². The molecular formula is C22H23N3O3S. The average molecular weight is 410 g/mol. The summed E-state index contributed by atoms with van der Waals surface area (Å²) in [6.07, 6.45) is 3.61. The number of rotatable bonds is 7. The molecule has 3 aromatic rings.